The third-order valence-corrected chi connectivity index (χ3v) is 3.35. The van der Waals surface area contributed by atoms with Crippen molar-refractivity contribution >= 4 is 11.8 Å². The molecule has 1 N–H and O–H groups in total. The number of nitrogens with zero attached hydrogens (tertiary/aromatic N) is 4. The van der Waals surface area contributed by atoms with Gasteiger partial charge in [0.1, 0.15) is 5.82 Å². The van der Waals surface area contributed by atoms with Gasteiger partial charge in [-0.2, -0.15) is 18.2 Å². The quantitative estimate of drug-likeness (QED) is 0.897. The van der Waals surface area contributed by atoms with Crippen molar-refractivity contribution in [1.82, 2.24) is 14.9 Å². The summed E-state index contributed by atoms with van der Waals surface area (Å²) in [6.07, 6.45) is -4.47. The molecule has 2 heterocycles. The lowest BCUT2D eigenvalue weighted by Crippen LogP contribution is -2.51. The van der Waals surface area contributed by atoms with Crippen LogP contribution in [0.2, 0.25) is 0 Å². The Kier molecular flexibility index (Phi) is 4.03. The summed E-state index contributed by atoms with van der Waals surface area (Å²) in [5, 5.41) is 2.58. The van der Waals surface area contributed by atoms with Crippen LogP contribution in [0.5, 0.6) is 0 Å². The first-order chi connectivity index (χ1) is 9.31. The number of piperazine rings is 1. The van der Waals surface area contributed by atoms with Crippen LogP contribution in [-0.2, 0) is 6.18 Å². The Balaban J connectivity index is 2.36. The van der Waals surface area contributed by atoms with Crippen molar-refractivity contribution in [3.05, 3.63) is 11.8 Å². The minimum absolute atomic E-state index is 0.0130. The lowest BCUT2D eigenvalue weighted by atomic mass is 10.2. The highest BCUT2D eigenvalue weighted by Gasteiger charge is 2.35. The minimum atomic E-state index is -4.47. The summed E-state index contributed by atoms with van der Waals surface area (Å²) < 4.78 is 38.6. The van der Waals surface area contributed by atoms with Crippen molar-refractivity contribution in [2.45, 2.75) is 19.1 Å². The SMILES string of the molecule is CNc1nc(N2CCN(C)CC2C)cc(C(F)(F)F)n1. The summed E-state index contributed by atoms with van der Waals surface area (Å²) in [5.74, 6) is 0.304. The molecule has 0 bridgehead atoms. The largest absolute Gasteiger partial charge is 0.433 e. The van der Waals surface area contributed by atoms with E-state index in [1.807, 2.05) is 18.9 Å². The molecule has 1 atom stereocenters. The van der Waals surface area contributed by atoms with E-state index in [9.17, 15) is 13.2 Å². The number of halogens is 3. The Labute approximate surface area is 115 Å². The average Bonchev–Trinajstić information content (AvgIpc) is 2.37. The Bertz CT molecular complexity index is 477. The van der Waals surface area contributed by atoms with E-state index in [2.05, 4.69) is 20.2 Å². The van der Waals surface area contributed by atoms with Gasteiger partial charge in [0.25, 0.3) is 0 Å². The molecule has 8 heteroatoms. The third kappa shape index (κ3) is 3.12. The van der Waals surface area contributed by atoms with Crippen LogP contribution in [0, 0.1) is 0 Å². The monoisotopic (exact) mass is 289 g/mol. The zero-order valence-corrected chi connectivity index (χ0v) is 11.7. The zero-order chi connectivity index (χ0) is 14.9. The first-order valence-corrected chi connectivity index (χ1v) is 6.40. The Morgan fingerprint density at radius 3 is 2.55 bits per heavy atom. The third-order valence-electron chi connectivity index (χ3n) is 3.35. The van der Waals surface area contributed by atoms with Crippen molar-refractivity contribution in [2.24, 2.45) is 0 Å². The van der Waals surface area contributed by atoms with E-state index < -0.39 is 11.9 Å². The van der Waals surface area contributed by atoms with Gasteiger partial charge in [0, 0.05) is 38.8 Å². The molecule has 1 aliphatic heterocycles. The van der Waals surface area contributed by atoms with Gasteiger partial charge in [0.05, 0.1) is 0 Å². The molecule has 1 saturated heterocycles. The second kappa shape index (κ2) is 5.43. The van der Waals surface area contributed by atoms with Crippen LogP contribution >= 0.6 is 0 Å². The van der Waals surface area contributed by atoms with E-state index in [4.69, 9.17) is 0 Å². The molecular weight excluding hydrogens is 271 g/mol. The summed E-state index contributed by atoms with van der Waals surface area (Å²) in [4.78, 5) is 11.7. The number of hydrogen-bond donors (Lipinski definition) is 1. The molecule has 0 aromatic carbocycles. The normalized spacial score (nSPS) is 21.1. The van der Waals surface area contributed by atoms with Crippen molar-refractivity contribution in [1.29, 1.82) is 0 Å². The van der Waals surface area contributed by atoms with Crippen molar-refractivity contribution in [3.63, 3.8) is 0 Å². The minimum Gasteiger partial charge on any atom is -0.357 e. The molecule has 0 aliphatic carbocycles. The molecular formula is C12H18F3N5. The van der Waals surface area contributed by atoms with E-state index in [0.717, 1.165) is 19.2 Å². The standard InChI is InChI=1S/C12H18F3N5/c1-8-7-19(3)4-5-20(8)10-6-9(12(13,14)15)17-11(16-2)18-10/h6,8H,4-5,7H2,1-3H3,(H,16,17,18). The fraction of sp³-hybridized carbons (Fsp3) is 0.667. The molecule has 2 rings (SSSR count). The summed E-state index contributed by atoms with van der Waals surface area (Å²) in [7, 11) is 3.50. The molecule has 1 fully saturated rings. The molecule has 5 nitrogen and oxygen atoms in total. The van der Waals surface area contributed by atoms with Gasteiger partial charge in [-0.3, -0.25) is 0 Å². The number of hydrogen-bond acceptors (Lipinski definition) is 5. The van der Waals surface area contributed by atoms with E-state index in [1.54, 1.807) is 0 Å². The van der Waals surface area contributed by atoms with Gasteiger partial charge in [-0.15, -0.1) is 0 Å². The Hall–Kier alpha value is -1.57. The van der Waals surface area contributed by atoms with Crippen molar-refractivity contribution in [3.8, 4) is 0 Å². The van der Waals surface area contributed by atoms with E-state index in [-0.39, 0.29) is 12.0 Å². The number of anilines is 2. The van der Waals surface area contributed by atoms with Crippen LogP contribution in [0.1, 0.15) is 12.6 Å². The topological polar surface area (TPSA) is 44.3 Å². The highest BCUT2D eigenvalue weighted by molar-refractivity contribution is 5.46. The van der Waals surface area contributed by atoms with E-state index in [1.165, 1.54) is 7.05 Å². The summed E-state index contributed by atoms with van der Waals surface area (Å²) >= 11 is 0. The predicted octanol–water partition coefficient (Wildman–Crippen LogP) is 1.68. The first-order valence-electron chi connectivity index (χ1n) is 6.40. The summed E-state index contributed by atoms with van der Waals surface area (Å²) in [6.45, 7) is 4.21. The maximum Gasteiger partial charge on any atom is 0.433 e. The van der Waals surface area contributed by atoms with Gasteiger partial charge in [0.15, 0.2) is 5.69 Å². The molecule has 20 heavy (non-hydrogen) atoms. The van der Waals surface area contributed by atoms with Crippen molar-refractivity contribution in [2.75, 3.05) is 43.9 Å². The molecule has 112 valence electrons. The second-order valence-electron chi connectivity index (χ2n) is 4.99. The molecule has 0 spiro atoms. The van der Waals surface area contributed by atoms with Gasteiger partial charge < -0.3 is 15.1 Å². The molecule has 0 amide bonds. The number of likely N-dealkylation sites (N-methyl/N-ethyl adjacent to an activating group) is 1. The number of aromatic nitrogens is 2. The smallest absolute Gasteiger partial charge is 0.357 e. The van der Waals surface area contributed by atoms with Crippen LogP contribution < -0.4 is 10.2 Å². The van der Waals surface area contributed by atoms with Crippen LogP contribution in [0.25, 0.3) is 0 Å². The lowest BCUT2D eigenvalue weighted by Gasteiger charge is -2.39. The molecule has 1 aliphatic rings. The second-order valence-corrected chi connectivity index (χ2v) is 4.99. The first kappa shape index (κ1) is 14.8. The van der Waals surface area contributed by atoms with Gasteiger partial charge >= 0.3 is 6.18 Å². The summed E-state index contributed by atoms with van der Waals surface area (Å²) in [6, 6.07) is 1.12. The average molecular weight is 289 g/mol. The lowest BCUT2D eigenvalue weighted by molar-refractivity contribution is -0.141. The maximum absolute atomic E-state index is 12.9. The van der Waals surface area contributed by atoms with E-state index in [0.29, 0.717) is 12.4 Å². The Morgan fingerprint density at radius 2 is 2.00 bits per heavy atom. The van der Waals surface area contributed by atoms with Crippen LogP contribution in [0.15, 0.2) is 6.07 Å². The number of rotatable bonds is 2. The molecule has 0 radical (unpaired) electrons. The van der Waals surface area contributed by atoms with Gasteiger partial charge in [-0.1, -0.05) is 0 Å². The van der Waals surface area contributed by atoms with Crippen LogP contribution in [0.3, 0.4) is 0 Å². The van der Waals surface area contributed by atoms with E-state index >= 15 is 0 Å². The molecule has 1 unspecified atom stereocenters. The Morgan fingerprint density at radius 1 is 1.30 bits per heavy atom. The predicted molar refractivity (Wildman–Crippen MR) is 70.9 cm³/mol. The molecule has 1 aromatic rings. The fourth-order valence-corrected chi connectivity index (χ4v) is 2.32. The maximum atomic E-state index is 12.9. The van der Waals surface area contributed by atoms with Crippen LogP contribution in [-0.4, -0.2) is 54.6 Å². The highest BCUT2D eigenvalue weighted by Crippen LogP contribution is 2.31. The zero-order valence-electron chi connectivity index (χ0n) is 11.7. The van der Waals surface area contributed by atoms with Crippen LogP contribution in [0.4, 0.5) is 24.9 Å². The number of alkyl halides is 3. The van der Waals surface area contributed by atoms with Gasteiger partial charge in [-0.05, 0) is 14.0 Å². The molecule has 0 saturated carbocycles. The van der Waals surface area contributed by atoms with Gasteiger partial charge in [0.2, 0.25) is 5.95 Å². The van der Waals surface area contributed by atoms with Crippen molar-refractivity contribution < 1.29 is 13.2 Å². The fourth-order valence-electron chi connectivity index (χ4n) is 2.32. The van der Waals surface area contributed by atoms with Gasteiger partial charge in [-0.25, -0.2) is 4.98 Å². The molecule has 1 aromatic heterocycles. The summed E-state index contributed by atoms with van der Waals surface area (Å²) in [5.41, 5.74) is -0.919. The number of nitrogens with one attached hydrogen (secondary N) is 1. The highest BCUT2D eigenvalue weighted by atomic mass is 19.4.